The van der Waals surface area contributed by atoms with Gasteiger partial charge in [0.15, 0.2) is 0 Å². The second-order valence-electron chi connectivity index (χ2n) is 6.28. The monoisotopic (exact) mass is 434 g/mol. The summed E-state index contributed by atoms with van der Waals surface area (Å²) in [4.78, 5) is 16.5. The zero-order chi connectivity index (χ0) is 20.9. The Morgan fingerprint density at radius 2 is 1.83 bits per heavy atom. The number of hydrogen-bond acceptors (Lipinski definition) is 6. The van der Waals surface area contributed by atoms with E-state index in [4.69, 9.17) is 16.1 Å². The van der Waals surface area contributed by atoms with Gasteiger partial charge in [0.2, 0.25) is 27.6 Å². The van der Waals surface area contributed by atoms with Crippen molar-refractivity contribution >= 4 is 27.5 Å². The maximum Gasteiger partial charge on any atom is 0.246 e. The van der Waals surface area contributed by atoms with Crippen LogP contribution >= 0.6 is 11.6 Å². The Morgan fingerprint density at radius 3 is 2.52 bits per heavy atom. The van der Waals surface area contributed by atoms with Crippen molar-refractivity contribution in [2.75, 3.05) is 12.8 Å². The second kappa shape index (κ2) is 9.17. The van der Waals surface area contributed by atoms with E-state index in [1.165, 1.54) is 0 Å². The Balaban J connectivity index is 1.61. The van der Waals surface area contributed by atoms with Gasteiger partial charge in [-0.15, -0.1) is 0 Å². The molecule has 0 fully saturated rings. The third-order valence-corrected chi connectivity index (χ3v) is 5.60. The summed E-state index contributed by atoms with van der Waals surface area (Å²) >= 11 is 6.10. The molecule has 0 saturated heterocycles. The van der Waals surface area contributed by atoms with Crippen LogP contribution in [-0.4, -0.2) is 41.6 Å². The first kappa shape index (κ1) is 21.0. The number of nitrogens with zero attached hydrogens (tertiary/aromatic N) is 3. The van der Waals surface area contributed by atoms with E-state index in [2.05, 4.69) is 15.5 Å². The van der Waals surface area contributed by atoms with Crippen LogP contribution in [0.5, 0.6) is 0 Å². The second-order valence-corrected chi connectivity index (χ2v) is 8.67. The molecule has 0 aliphatic heterocycles. The lowest BCUT2D eigenvalue weighted by Gasteiger charge is -2.20. The zero-order valence-electron chi connectivity index (χ0n) is 15.6. The minimum absolute atomic E-state index is 0.00929. The molecule has 0 aliphatic carbocycles. The van der Waals surface area contributed by atoms with Crippen molar-refractivity contribution in [2.45, 2.75) is 13.1 Å². The maximum absolute atomic E-state index is 12.3. The number of benzene rings is 2. The first-order chi connectivity index (χ1) is 13.8. The predicted octanol–water partition coefficient (Wildman–Crippen LogP) is 2.47. The van der Waals surface area contributed by atoms with Crippen LogP contribution in [0.25, 0.3) is 11.4 Å². The third kappa shape index (κ3) is 5.86. The van der Waals surface area contributed by atoms with Gasteiger partial charge < -0.3 is 9.84 Å². The summed E-state index contributed by atoms with van der Waals surface area (Å²) in [6, 6.07) is 16.1. The third-order valence-electron chi connectivity index (χ3n) is 4.03. The lowest BCUT2D eigenvalue weighted by atomic mass is 10.2. The summed E-state index contributed by atoms with van der Waals surface area (Å²) in [5.41, 5.74) is 1.40. The van der Waals surface area contributed by atoms with Gasteiger partial charge >= 0.3 is 0 Å². The summed E-state index contributed by atoms with van der Waals surface area (Å²) < 4.78 is 30.3. The summed E-state index contributed by atoms with van der Waals surface area (Å²) in [5, 5.41) is 6.90. The molecule has 0 saturated carbocycles. The standard InChI is InChI=1S/C19H19ClN4O4S/c1-29(26,27)24(12-15-9-5-6-10-16(15)20)13-17(25)21-11-18-22-19(23-28-18)14-7-3-2-4-8-14/h2-10H,11-13H2,1H3,(H,21,25). The Hall–Kier alpha value is -2.75. The van der Waals surface area contributed by atoms with Crippen molar-refractivity contribution < 1.29 is 17.7 Å². The SMILES string of the molecule is CS(=O)(=O)N(CC(=O)NCc1nc(-c2ccccc2)no1)Cc1ccccc1Cl. The Kier molecular flexibility index (Phi) is 6.63. The maximum atomic E-state index is 12.3. The largest absolute Gasteiger partial charge is 0.346 e. The van der Waals surface area contributed by atoms with E-state index in [0.29, 0.717) is 16.4 Å². The van der Waals surface area contributed by atoms with E-state index in [1.807, 2.05) is 30.3 Å². The number of aromatic nitrogens is 2. The van der Waals surface area contributed by atoms with Gasteiger partial charge in [-0.25, -0.2) is 8.42 Å². The fraction of sp³-hybridized carbons (Fsp3) is 0.211. The van der Waals surface area contributed by atoms with Crippen LogP contribution in [0.1, 0.15) is 11.5 Å². The molecule has 2 aromatic carbocycles. The fourth-order valence-corrected chi connectivity index (χ4v) is 3.45. The van der Waals surface area contributed by atoms with Crippen LogP contribution in [0.2, 0.25) is 5.02 Å². The van der Waals surface area contributed by atoms with E-state index in [-0.39, 0.29) is 25.5 Å². The normalized spacial score (nSPS) is 11.6. The molecule has 0 aliphatic rings. The molecule has 0 spiro atoms. The van der Waals surface area contributed by atoms with Gasteiger partial charge in [-0.2, -0.15) is 9.29 Å². The molecule has 29 heavy (non-hydrogen) atoms. The summed E-state index contributed by atoms with van der Waals surface area (Å²) in [6.07, 6.45) is 1.04. The number of nitrogens with one attached hydrogen (secondary N) is 1. The molecule has 152 valence electrons. The van der Waals surface area contributed by atoms with Crippen molar-refractivity contribution in [1.82, 2.24) is 19.8 Å². The Morgan fingerprint density at radius 1 is 1.14 bits per heavy atom. The van der Waals surface area contributed by atoms with Crippen LogP contribution in [0.3, 0.4) is 0 Å². The minimum atomic E-state index is -3.63. The smallest absolute Gasteiger partial charge is 0.246 e. The molecule has 3 aromatic rings. The van der Waals surface area contributed by atoms with Crippen molar-refractivity contribution in [3.05, 3.63) is 71.1 Å². The molecule has 1 amide bonds. The van der Waals surface area contributed by atoms with Gasteiger partial charge in [0.25, 0.3) is 0 Å². The first-order valence-corrected chi connectivity index (χ1v) is 10.9. The van der Waals surface area contributed by atoms with E-state index < -0.39 is 15.9 Å². The highest BCUT2D eigenvalue weighted by Gasteiger charge is 2.21. The van der Waals surface area contributed by atoms with Crippen molar-refractivity contribution in [3.8, 4) is 11.4 Å². The van der Waals surface area contributed by atoms with E-state index in [9.17, 15) is 13.2 Å². The number of carbonyl (C=O) groups excluding carboxylic acids is 1. The van der Waals surface area contributed by atoms with Crippen molar-refractivity contribution in [3.63, 3.8) is 0 Å². The molecular weight excluding hydrogens is 416 g/mol. The minimum Gasteiger partial charge on any atom is -0.346 e. The Bertz CT molecular complexity index is 1090. The summed E-state index contributed by atoms with van der Waals surface area (Å²) in [7, 11) is -3.63. The van der Waals surface area contributed by atoms with E-state index in [0.717, 1.165) is 16.1 Å². The fourth-order valence-electron chi connectivity index (χ4n) is 2.53. The van der Waals surface area contributed by atoms with Crippen LogP contribution in [0.15, 0.2) is 59.1 Å². The topological polar surface area (TPSA) is 105 Å². The molecule has 3 rings (SSSR count). The van der Waals surface area contributed by atoms with Gasteiger partial charge in [0, 0.05) is 17.1 Å². The average molecular weight is 435 g/mol. The molecule has 10 heteroatoms. The number of carbonyl (C=O) groups is 1. The molecule has 0 radical (unpaired) electrons. The first-order valence-electron chi connectivity index (χ1n) is 8.66. The highest BCUT2D eigenvalue weighted by Crippen LogP contribution is 2.18. The number of amides is 1. The number of halogens is 1. The highest BCUT2D eigenvalue weighted by atomic mass is 35.5. The van der Waals surface area contributed by atoms with Gasteiger partial charge in [-0.3, -0.25) is 4.79 Å². The van der Waals surface area contributed by atoms with Gasteiger partial charge in [0.1, 0.15) is 0 Å². The molecule has 0 atom stereocenters. The van der Waals surface area contributed by atoms with Gasteiger partial charge in [-0.1, -0.05) is 65.3 Å². The highest BCUT2D eigenvalue weighted by molar-refractivity contribution is 7.88. The summed E-state index contributed by atoms with van der Waals surface area (Å²) in [6.45, 7) is -0.378. The van der Waals surface area contributed by atoms with Crippen LogP contribution in [0.4, 0.5) is 0 Å². The quantitative estimate of drug-likeness (QED) is 0.583. The van der Waals surface area contributed by atoms with Crippen LogP contribution < -0.4 is 5.32 Å². The number of hydrogen-bond donors (Lipinski definition) is 1. The Labute approximate surface area is 173 Å². The number of sulfonamides is 1. The van der Waals surface area contributed by atoms with E-state index in [1.54, 1.807) is 24.3 Å². The molecule has 8 nitrogen and oxygen atoms in total. The average Bonchev–Trinajstić information content (AvgIpc) is 3.16. The molecule has 0 unspecified atom stereocenters. The van der Waals surface area contributed by atoms with Crippen molar-refractivity contribution in [2.24, 2.45) is 0 Å². The van der Waals surface area contributed by atoms with Crippen LogP contribution in [0, 0.1) is 0 Å². The lowest BCUT2D eigenvalue weighted by molar-refractivity contribution is -0.121. The molecule has 1 N–H and O–H groups in total. The zero-order valence-corrected chi connectivity index (χ0v) is 17.2. The molecular formula is C19H19ClN4O4S. The number of rotatable bonds is 8. The van der Waals surface area contributed by atoms with Crippen molar-refractivity contribution in [1.29, 1.82) is 0 Å². The lowest BCUT2D eigenvalue weighted by Crippen LogP contribution is -2.39. The molecule has 1 heterocycles. The van der Waals surface area contributed by atoms with Gasteiger partial charge in [-0.05, 0) is 11.6 Å². The van der Waals surface area contributed by atoms with Gasteiger partial charge in [0.05, 0.1) is 19.3 Å². The molecule has 0 bridgehead atoms. The van der Waals surface area contributed by atoms with Crippen LogP contribution in [-0.2, 0) is 27.9 Å². The van der Waals surface area contributed by atoms with E-state index >= 15 is 0 Å². The predicted molar refractivity (Wildman–Crippen MR) is 108 cm³/mol. The molecule has 1 aromatic heterocycles. The summed E-state index contributed by atoms with van der Waals surface area (Å²) in [5.74, 6) is 0.127.